The summed E-state index contributed by atoms with van der Waals surface area (Å²) in [7, 11) is 0. The molecule has 2 atom stereocenters. The van der Waals surface area contributed by atoms with Crippen LogP contribution in [0.25, 0.3) is 0 Å². The van der Waals surface area contributed by atoms with Gasteiger partial charge in [0, 0.05) is 24.0 Å². The minimum absolute atomic E-state index is 0.0152. The van der Waals surface area contributed by atoms with Crippen molar-refractivity contribution in [1.82, 2.24) is 4.90 Å². The Morgan fingerprint density at radius 3 is 2.48 bits per heavy atom. The fraction of sp³-hybridized carbons (Fsp3) is 0.611. The third-order valence-electron chi connectivity index (χ3n) is 4.93. The van der Waals surface area contributed by atoms with Crippen LogP contribution in [0.15, 0.2) is 28.7 Å². The van der Waals surface area contributed by atoms with Crippen LogP contribution in [0, 0.1) is 5.92 Å². The second-order valence-corrected chi connectivity index (χ2v) is 7.50. The van der Waals surface area contributed by atoms with Crippen LogP contribution in [-0.4, -0.2) is 34.9 Å². The van der Waals surface area contributed by atoms with E-state index >= 15 is 0 Å². The predicted molar refractivity (Wildman–Crippen MR) is 94.2 cm³/mol. The molecule has 5 heteroatoms. The van der Waals surface area contributed by atoms with E-state index in [9.17, 15) is 4.79 Å². The molecular formula is C18H26BrNO3. The summed E-state index contributed by atoms with van der Waals surface area (Å²) in [4.78, 5) is 14.4. The van der Waals surface area contributed by atoms with E-state index < -0.39 is 5.60 Å². The summed E-state index contributed by atoms with van der Waals surface area (Å²) in [6, 6.07) is 8.01. The molecule has 2 unspecified atom stereocenters. The average molecular weight is 384 g/mol. The number of carbonyl (C=O) groups is 1. The lowest BCUT2D eigenvalue weighted by molar-refractivity contribution is -0.0894. The van der Waals surface area contributed by atoms with Gasteiger partial charge in [-0.2, -0.15) is 0 Å². The number of hydrogen-bond acceptors (Lipinski definition) is 3. The molecule has 1 aromatic carbocycles. The first-order chi connectivity index (χ1) is 10.9. The van der Waals surface area contributed by atoms with Gasteiger partial charge in [-0.05, 0) is 43.4 Å². The summed E-state index contributed by atoms with van der Waals surface area (Å²) in [6.45, 7) is 7.00. The van der Waals surface area contributed by atoms with Crippen molar-refractivity contribution < 1.29 is 14.6 Å². The van der Waals surface area contributed by atoms with Crippen molar-refractivity contribution in [3.8, 4) is 0 Å². The quantitative estimate of drug-likeness (QED) is 0.785. The lowest BCUT2D eigenvalue weighted by Crippen LogP contribution is -2.52. The van der Waals surface area contributed by atoms with Crippen molar-refractivity contribution in [2.75, 3.05) is 13.2 Å². The largest absolute Gasteiger partial charge is 0.442 e. The Bertz CT molecular complexity index is 532. The van der Waals surface area contributed by atoms with E-state index in [-0.39, 0.29) is 24.7 Å². The number of hydrogen-bond donors (Lipinski definition) is 1. The van der Waals surface area contributed by atoms with E-state index in [2.05, 4.69) is 29.8 Å². The van der Waals surface area contributed by atoms with Gasteiger partial charge in [-0.3, -0.25) is 0 Å². The van der Waals surface area contributed by atoms with Crippen LogP contribution < -0.4 is 0 Å². The zero-order valence-corrected chi connectivity index (χ0v) is 15.7. The molecule has 1 fully saturated rings. The molecule has 1 aromatic rings. The van der Waals surface area contributed by atoms with Gasteiger partial charge in [0.2, 0.25) is 0 Å². The van der Waals surface area contributed by atoms with Crippen LogP contribution in [-0.2, 0) is 4.74 Å². The van der Waals surface area contributed by atoms with Gasteiger partial charge in [-0.15, -0.1) is 0 Å². The number of aliphatic hydroxyl groups is 1. The number of amides is 1. The van der Waals surface area contributed by atoms with Crippen LogP contribution in [0.4, 0.5) is 4.79 Å². The van der Waals surface area contributed by atoms with Crippen molar-refractivity contribution in [1.29, 1.82) is 0 Å². The molecular weight excluding hydrogens is 358 g/mol. The zero-order valence-electron chi connectivity index (χ0n) is 14.1. The molecule has 128 valence electrons. The second-order valence-electron chi connectivity index (χ2n) is 6.59. The maximum absolute atomic E-state index is 12.6. The molecule has 2 rings (SSSR count). The van der Waals surface area contributed by atoms with Gasteiger partial charge in [0.05, 0.1) is 6.04 Å². The first-order valence-corrected chi connectivity index (χ1v) is 9.05. The Kier molecular flexibility index (Phi) is 6.09. The van der Waals surface area contributed by atoms with E-state index in [0.29, 0.717) is 19.4 Å². The van der Waals surface area contributed by atoms with E-state index in [1.54, 1.807) is 4.90 Å². The molecule has 1 heterocycles. The summed E-state index contributed by atoms with van der Waals surface area (Å²) in [5.41, 5.74) is 0.646. The van der Waals surface area contributed by atoms with Crippen molar-refractivity contribution in [2.45, 2.75) is 51.7 Å². The Balaban J connectivity index is 2.10. The second kappa shape index (κ2) is 7.67. The van der Waals surface area contributed by atoms with E-state index in [4.69, 9.17) is 9.84 Å². The molecule has 1 aliphatic rings. The van der Waals surface area contributed by atoms with Crippen molar-refractivity contribution in [2.24, 2.45) is 5.92 Å². The first kappa shape index (κ1) is 18.3. The van der Waals surface area contributed by atoms with Crippen LogP contribution >= 0.6 is 15.9 Å². The number of ether oxygens (including phenoxy) is 1. The summed E-state index contributed by atoms with van der Waals surface area (Å²) >= 11 is 3.43. The molecule has 0 aliphatic carbocycles. The summed E-state index contributed by atoms with van der Waals surface area (Å²) in [6.07, 6.45) is 1.93. The highest BCUT2D eigenvalue weighted by Crippen LogP contribution is 2.37. The average Bonchev–Trinajstić information content (AvgIpc) is 2.53. The lowest BCUT2D eigenvalue weighted by Gasteiger charge is -2.45. The standard InChI is InChI=1S/C18H26BrNO3/c1-13(2)18(9-4-12-21)10-11-20(17(22)23-18)14(3)15-5-7-16(19)8-6-15/h5-8,13-14,21H,4,9-12H2,1-3H3. The highest BCUT2D eigenvalue weighted by molar-refractivity contribution is 9.10. The SMILES string of the molecule is CC(c1ccc(Br)cc1)N1CCC(CCCO)(C(C)C)OC1=O. The van der Waals surface area contributed by atoms with Gasteiger partial charge in [-0.1, -0.05) is 41.9 Å². The fourth-order valence-electron chi connectivity index (χ4n) is 3.21. The van der Waals surface area contributed by atoms with Crippen molar-refractivity contribution in [3.05, 3.63) is 34.3 Å². The number of cyclic esters (lactones) is 1. The molecule has 1 N–H and O–H groups in total. The topological polar surface area (TPSA) is 49.8 Å². The Morgan fingerprint density at radius 2 is 1.96 bits per heavy atom. The summed E-state index contributed by atoms with van der Waals surface area (Å²) < 4.78 is 6.91. The number of carbonyl (C=O) groups excluding carboxylic acids is 1. The highest BCUT2D eigenvalue weighted by atomic mass is 79.9. The molecule has 0 aromatic heterocycles. The molecule has 0 spiro atoms. The third kappa shape index (κ3) is 4.07. The third-order valence-corrected chi connectivity index (χ3v) is 5.46. The van der Waals surface area contributed by atoms with Gasteiger partial charge >= 0.3 is 6.09 Å². The monoisotopic (exact) mass is 383 g/mol. The molecule has 1 amide bonds. The smallest absolute Gasteiger partial charge is 0.410 e. The van der Waals surface area contributed by atoms with Gasteiger partial charge in [0.15, 0.2) is 0 Å². The minimum Gasteiger partial charge on any atom is -0.442 e. The predicted octanol–water partition coefficient (Wildman–Crippen LogP) is 4.52. The molecule has 4 nitrogen and oxygen atoms in total. The van der Waals surface area contributed by atoms with Gasteiger partial charge in [0.25, 0.3) is 0 Å². The van der Waals surface area contributed by atoms with Crippen LogP contribution in [0.5, 0.6) is 0 Å². The van der Waals surface area contributed by atoms with Crippen LogP contribution in [0.2, 0.25) is 0 Å². The van der Waals surface area contributed by atoms with Gasteiger partial charge in [0.1, 0.15) is 5.60 Å². The fourth-order valence-corrected chi connectivity index (χ4v) is 3.47. The number of nitrogens with zero attached hydrogens (tertiary/aromatic N) is 1. The Hall–Kier alpha value is -1.07. The number of halogens is 1. The van der Waals surface area contributed by atoms with Gasteiger partial charge < -0.3 is 14.7 Å². The molecule has 1 aliphatic heterocycles. The summed E-state index contributed by atoms with van der Waals surface area (Å²) in [5.74, 6) is 0.239. The van der Waals surface area contributed by atoms with Crippen molar-refractivity contribution in [3.63, 3.8) is 0 Å². The van der Waals surface area contributed by atoms with Crippen molar-refractivity contribution >= 4 is 22.0 Å². The molecule has 0 saturated carbocycles. The van der Waals surface area contributed by atoms with E-state index in [0.717, 1.165) is 16.5 Å². The first-order valence-electron chi connectivity index (χ1n) is 8.25. The Morgan fingerprint density at radius 1 is 1.30 bits per heavy atom. The van der Waals surface area contributed by atoms with E-state index in [1.807, 2.05) is 31.2 Å². The lowest BCUT2D eigenvalue weighted by atomic mass is 9.81. The number of rotatable bonds is 6. The van der Waals surface area contributed by atoms with Gasteiger partial charge in [-0.25, -0.2) is 4.79 Å². The minimum atomic E-state index is -0.449. The normalized spacial score (nSPS) is 23.0. The molecule has 23 heavy (non-hydrogen) atoms. The maximum atomic E-state index is 12.6. The zero-order chi connectivity index (χ0) is 17.0. The number of benzene rings is 1. The molecule has 0 bridgehead atoms. The molecule has 1 saturated heterocycles. The Labute approximate surface area is 147 Å². The van der Waals surface area contributed by atoms with Crippen LogP contribution in [0.3, 0.4) is 0 Å². The molecule has 0 radical (unpaired) electrons. The number of aliphatic hydroxyl groups excluding tert-OH is 1. The maximum Gasteiger partial charge on any atom is 0.410 e. The van der Waals surface area contributed by atoms with E-state index in [1.165, 1.54) is 0 Å². The van der Waals surface area contributed by atoms with Crippen LogP contribution in [0.1, 0.15) is 51.6 Å². The highest BCUT2D eigenvalue weighted by Gasteiger charge is 2.43. The summed E-state index contributed by atoms with van der Waals surface area (Å²) in [5, 5.41) is 9.12.